The van der Waals surface area contributed by atoms with E-state index in [1.165, 1.54) is 4.90 Å². The van der Waals surface area contributed by atoms with Gasteiger partial charge in [-0.3, -0.25) is 0 Å². The van der Waals surface area contributed by atoms with E-state index in [1.54, 1.807) is 0 Å². The van der Waals surface area contributed by atoms with Gasteiger partial charge in [0.05, 0.1) is 11.7 Å². The number of hydrogen-bond donors (Lipinski definition) is 1. The fourth-order valence-corrected chi connectivity index (χ4v) is 2.65. The highest BCUT2D eigenvalue weighted by Gasteiger charge is 2.54. The Labute approximate surface area is 90.2 Å². The van der Waals surface area contributed by atoms with Gasteiger partial charge in [0.1, 0.15) is 0 Å². The Morgan fingerprint density at radius 2 is 1.93 bits per heavy atom. The highest BCUT2D eigenvalue weighted by atomic mass is 16.5. The van der Waals surface area contributed by atoms with Crippen LogP contribution in [0.1, 0.15) is 33.6 Å². The number of rotatable bonds is 1. The van der Waals surface area contributed by atoms with Crippen LogP contribution in [0.2, 0.25) is 0 Å². The Kier molecular flexibility index (Phi) is 2.23. The van der Waals surface area contributed by atoms with Gasteiger partial charge in [-0.25, -0.2) is 4.79 Å². The molecule has 0 aromatic carbocycles. The molecule has 0 radical (unpaired) electrons. The summed E-state index contributed by atoms with van der Waals surface area (Å²) in [5.74, 6) is 0. The third-order valence-electron chi connectivity index (χ3n) is 3.16. The Morgan fingerprint density at radius 3 is 2.33 bits per heavy atom. The van der Waals surface area contributed by atoms with Gasteiger partial charge in [-0.05, 0) is 33.6 Å². The maximum absolute atomic E-state index is 10.6. The predicted molar refractivity (Wildman–Crippen MR) is 55.9 cm³/mol. The molecule has 1 amide bonds. The van der Waals surface area contributed by atoms with Crippen molar-refractivity contribution in [2.75, 3.05) is 13.1 Å². The van der Waals surface area contributed by atoms with Gasteiger partial charge in [0.2, 0.25) is 0 Å². The van der Waals surface area contributed by atoms with Crippen molar-refractivity contribution < 1.29 is 14.6 Å². The van der Waals surface area contributed by atoms with Crippen LogP contribution in [0.5, 0.6) is 0 Å². The highest BCUT2D eigenvalue weighted by molar-refractivity contribution is 5.66. The van der Waals surface area contributed by atoms with Crippen LogP contribution in [-0.4, -0.2) is 40.9 Å². The van der Waals surface area contributed by atoms with Crippen LogP contribution in [0.25, 0.3) is 0 Å². The number of ether oxygens (including phenoxy) is 1. The summed E-state index contributed by atoms with van der Waals surface area (Å²) in [5, 5.41) is 8.73. The molecular formula is C11H19NO3. The molecule has 0 atom stereocenters. The van der Waals surface area contributed by atoms with E-state index in [9.17, 15) is 4.79 Å². The Bertz CT molecular complexity index is 268. The van der Waals surface area contributed by atoms with Gasteiger partial charge in [-0.1, -0.05) is 0 Å². The molecule has 0 aromatic heterocycles. The second-order valence-corrected chi connectivity index (χ2v) is 5.90. The van der Waals surface area contributed by atoms with E-state index in [0.717, 1.165) is 12.8 Å². The molecule has 0 unspecified atom stereocenters. The third-order valence-corrected chi connectivity index (χ3v) is 3.16. The third kappa shape index (κ3) is 2.09. The summed E-state index contributed by atoms with van der Waals surface area (Å²) in [4.78, 5) is 12.1. The number of amides is 1. The fourth-order valence-electron chi connectivity index (χ4n) is 2.65. The quantitative estimate of drug-likeness (QED) is 0.724. The van der Waals surface area contributed by atoms with Gasteiger partial charge in [0.15, 0.2) is 0 Å². The van der Waals surface area contributed by atoms with Crippen LogP contribution in [0.15, 0.2) is 0 Å². The lowest BCUT2D eigenvalue weighted by molar-refractivity contribution is -0.179. The van der Waals surface area contributed by atoms with Crippen molar-refractivity contribution >= 4 is 6.09 Å². The second kappa shape index (κ2) is 3.11. The van der Waals surface area contributed by atoms with Crippen LogP contribution in [0.4, 0.5) is 4.79 Å². The van der Waals surface area contributed by atoms with Crippen molar-refractivity contribution in [3.63, 3.8) is 0 Å². The molecular weight excluding hydrogens is 194 g/mol. The van der Waals surface area contributed by atoms with Gasteiger partial charge in [-0.2, -0.15) is 0 Å². The lowest BCUT2D eigenvalue weighted by atomic mass is 9.62. The van der Waals surface area contributed by atoms with Crippen molar-refractivity contribution in [1.29, 1.82) is 0 Å². The summed E-state index contributed by atoms with van der Waals surface area (Å²) >= 11 is 0. The summed E-state index contributed by atoms with van der Waals surface area (Å²) in [5.41, 5.74) is 0.177. The van der Waals surface area contributed by atoms with Crippen molar-refractivity contribution in [2.24, 2.45) is 5.41 Å². The van der Waals surface area contributed by atoms with E-state index in [4.69, 9.17) is 9.84 Å². The lowest BCUT2D eigenvalue weighted by Crippen LogP contribution is -2.65. The molecule has 1 N–H and O–H groups in total. The van der Waals surface area contributed by atoms with Crippen molar-refractivity contribution in [3.05, 3.63) is 0 Å². The average Bonchev–Trinajstić information content (AvgIpc) is 1.87. The Morgan fingerprint density at radius 1 is 1.40 bits per heavy atom. The molecule has 1 spiro atoms. The van der Waals surface area contributed by atoms with Crippen molar-refractivity contribution in [3.8, 4) is 0 Å². The molecule has 4 heteroatoms. The van der Waals surface area contributed by atoms with Gasteiger partial charge in [0.25, 0.3) is 0 Å². The average molecular weight is 213 g/mol. The standard InChI is InChI=1S/C11H19NO3/c1-10(2,3)15-8-4-11(5-8)6-12(7-11)9(13)14/h8H,4-7H2,1-3H3,(H,13,14). The van der Waals surface area contributed by atoms with E-state index in [2.05, 4.69) is 20.8 Å². The fraction of sp³-hybridized carbons (Fsp3) is 0.909. The second-order valence-electron chi connectivity index (χ2n) is 5.90. The first-order chi connectivity index (χ1) is 6.80. The van der Waals surface area contributed by atoms with Crippen LogP contribution in [0.3, 0.4) is 0 Å². The zero-order valence-corrected chi connectivity index (χ0v) is 9.62. The summed E-state index contributed by atoms with van der Waals surface area (Å²) < 4.78 is 5.83. The molecule has 1 aliphatic carbocycles. The number of hydrogen-bond acceptors (Lipinski definition) is 2. The molecule has 1 heterocycles. The topological polar surface area (TPSA) is 49.8 Å². The number of likely N-dealkylation sites (tertiary alicyclic amines) is 1. The van der Waals surface area contributed by atoms with E-state index >= 15 is 0 Å². The minimum atomic E-state index is -0.791. The lowest BCUT2D eigenvalue weighted by Gasteiger charge is -2.58. The summed E-state index contributed by atoms with van der Waals surface area (Å²) in [6, 6.07) is 0. The highest BCUT2D eigenvalue weighted by Crippen LogP contribution is 2.50. The SMILES string of the molecule is CC(C)(C)OC1CC2(C1)CN(C(=O)O)C2. The molecule has 2 fully saturated rings. The molecule has 2 aliphatic rings. The largest absolute Gasteiger partial charge is 0.465 e. The van der Waals surface area contributed by atoms with Crippen LogP contribution < -0.4 is 0 Å². The summed E-state index contributed by atoms with van der Waals surface area (Å²) in [7, 11) is 0. The maximum atomic E-state index is 10.6. The van der Waals surface area contributed by atoms with Crippen molar-refractivity contribution in [2.45, 2.75) is 45.3 Å². The zero-order chi connectivity index (χ0) is 11.3. The molecule has 1 saturated heterocycles. The monoisotopic (exact) mass is 213 g/mol. The first-order valence-corrected chi connectivity index (χ1v) is 5.45. The van der Waals surface area contributed by atoms with E-state index in [0.29, 0.717) is 19.2 Å². The molecule has 2 rings (SSSR count). The number of carboxylic acid groups (broad SMARTS) is 1. The predicted octanol–water partition coefficient (Wildman–Crippen LogP) is 1.94. The van der Waals surface area contributed by atoms with Crippen LogP contribution >= 0.6 is 0 Å². The van der Waals surface area contributed by atoms with Gasteiger partial charge >= 0.3 is 6.09 Å². The number of carbonyl (C=O) groups is 1. The van der Waals surface area contributed by atoms with Gasteiger partial charge in [-0.15, -0.1) is 0 Å². The van der Waals surface area contributed by atoms with Crippen molar-refractivity contribution in [1.82, 2.24) is 4.90 Å². The molecule has 86 valence electrons. The van der Waals surface area contributed by atoms with E-state index in [-0.39, 0.29) is 11.0 Å². The van der Waals surface area contributed by atoms with Gasteiger partial charge < -0.3 is 14.7 Å². The maximum Gasteiger partial charge on any atom is 0.407 e. The van der Waals surface area contributed by atoms with E-state index in [1.807, 2.05) is 0 Å². The smallest absolute Gasteiger partial charge is 0.407 e. The molecule has 0 aromatic rings. The van der Waals surface area contributed by atoms with Crippen LogP contribution in [0, 0.1) is 5.41 Å². The minimum absolute atomic E-state index is 0.0808. The summed E-state index contributed by atoms with van der Waals surface area (Å²) in [6.07, 6.45) is 1.59. The molecule has 1 saturated carbocycles. The normalized spacial score (nSPS) is 24.9. The molecule has 0 bridgehead atoms. The minimum Gasteiger partial charge on any atom is -0.465 e. The zero-order valence-electron chi connectivity index (χ0n) is 9.62. The van der Waals surface area contributed by atoms with E-state index < -0.39 is 6.09 Å². The molecule has 1 aliphatic heterocycles. The Hall–Kier alpha value is -0.770. The number of nitrogens with zero attached hydrogens (tertiary/aromatic N) is 1. The first-order valence-electron chi connectivity index (χ1n) is 5.45. The molecule has 4 nitrogen and oxygen atoms in total. The molecule has 15 heavy (non-hydrogen) atoms. The van der Waals surface area contributed by atoms with Gasteiger partial charge in [0, 0.05) is 18.5 Å². The van der Waals surface area contributed by atoms with Crippen LogP contribution in [-0.2, 0) is 4.74 Å². The summed E-state index contributed by atoms with van der Waals surface area (Å²) in [6.45, 7) is 7.58. The Balaban J connectivity index is 1.74. The first kappa shape index (κ1) is 10.7.